The average Bonchev–Trinajstić information content (AvgIpc) is 1.99. The number of hydrogen-bond donors (Lipinski definition) is 2. The van der Waals surface area contributed by atoms with Crippen LogP contribution in [0.15, 0.2) is 0 Å². The standard InChI is InChI=1S/C8H15NO5S/c1-3-6(2)9-7(10)4-15(13,14)5-8(11)12/h6H,3-5H2,1-2H3,(H,9,10)(H,11,12). The molecule has 0 aromatic rings. The fourth-order valence-electron chi connectivity index (χ4n) is 0.857. The highest BCUT2D eigenvalue weighted by molar-refractivity contribution is 7.92. The SMILES string of the molecule is CCC(C)NC(=O)CS(=O)(=O)CC(=O)O. The van der Waals surface area contributed by atoms with Crippen molar-refractivity contribution in [2.24, 2.45) is 0 Å². The van der Waals surface area contributed by atoms with E-state index in [4.69, 9.17) is 5.11 Å². The maximum absolute atomic E-state index is 11.1. The molecule has 0 aliphatic heterocycles. The molecule has 0 heterocycles. The molecule has 0 bridgehead atoms. The van der Waals surface area contributed by atoms with E-state index in [9.17, 15) is 18.0 Å². The average molecular weight is 237 g/mol. The van der Waals surface area contributed by atoms with Crippen molar-refractivity contribution in [3.8, 4) is 0 Å². The molecule has 2 N–H and O–H groups in total. The van der Waals surface area contributed by atoms with E-state index in [1.54, 1.807) is 6.92 Å². The van der Waals surface area contributed by atoms with Crippen molar-refractivity contribution < 1.29 is 23.1 Å². The summed E-state index contributed by atoms with van der Waals surface area (Å²) >= 11 is 0. The molecule has 0 spiro atoms. The van der Waals surface area contributed by atoms with Crippen molar-refractivity contribution in [3.05, 3.63) is 0 Å². The van der Waals surface area contributed by atoms with Gasteiger partial charge in [0, 0.05) is 6.04 Å². The maximum atomic E-state index is 11.1. The largest absolute Gasteiger partial charge is 0.480 e. The summed E-state index contributed by atoms with van der Waals surface area (Å²) in [5, 5.41) is 10.7. The van der Waals surface area contributed by atoms with Gasteiger partial charge in [0.1, 0.15) is 11.5 Å². The molecule has 0 saturated heterocycles. The molecule has 1 atom stereocenters. The lowest BCUT2D eigenvalue weighted by atomic mass is 10.3. The van der Waals surface area contributed by atoms with Crippen LogP contribution < -0.4 is 5.32 Å². The Kier molecular flexibility index (Phi) is 5.27. The fourth-order valence-corrected chi connectivity index (χ4v) is 1.82. The van der Waals surface area contributed by atoms with Crippen LogP contribution in [0, 0.1) is 0 Å². The van der Waals surface area contributed by atoms with Crippen molar-refractivity contribution in [1.82, 2.24) is 5.32 Å². The summed E-state index contributed by atoms with van der Waals surface area (Å²) in [5.74, 6) is -3.90. The van der Waals surface area contributed by atoms with Crippen LogP contribution >= 0.6 is 0 Å². The third kappa shape index (κ3) is 6.89. The predicted octanol–water partition coefficient (Wildman–Crippen LogP) is -0.599. The van der Waals surface area contributed by atoms with Gasteiger partial charge in [-0.2, -0.15) is 0 Å². The molecule has 0 aromatic carbocycles. The zero-order chi connectivity index (χ0) is 12.1. The van der Waals surface area contributed by atoms with Gasteiger partial charge in [0.2, 0.25) is 5.91 Å². The van der Waals surface area contributed by atoms with E-state index in [0.717, 1.165) is 0 Å². The summed E-state index contributed by atoms with van der Waals surface area (Å²) in [6.07, 6.45) is 0.685. The quantitative estimate of drug-likeness (QED) is 0.642. The van der Waals surface area contributed by atoms with Gasteiger partial charge in [-0.05, 0) is 13.3 Å². The van der Waals surface area contributed by atoms with Crippen LogP contribution in [0.5, 0.6) is 0 Å². The van der Waals surface area contributed by atoms with E-state index in [0.29, 0.717) is 6.42 Å². The maximum Gasteiger partial charge on any atom is 0.318 e. The van der Waals surface area contributed by atoms with Crippen LogP contribution in [0.2, 0.25) is 0 Å². The van der Waals surface area contributed by atoms with Gasteiger partial charge in [-0.1, -0.05) is 6.92 Å². The summed E-state index contributed by atoms with van der Waals surface area (Å²) < 4.78 is 22.2. The normalized spacial score (nSPS) is 13.2. The Morgan fingerprint density at radius 3 is 2.27 bits per heavy atom. The van der Waals surface area contributed by atoms with Crippen LogP contribution in [-0.2, 0) is 19.4 Å². The number of nitrogens with one attached hydrogen (secondary N) is 1. The van der Waals surface area contributed by atoms with Gasteiger partial charge in [-0.15, -0.1) is 0 Å². The van der Waals surface area contributed by atoms with Crippen molar-refractivity contribution in [2.45, 2.75) is 26.3 Å². The van der Waals surface area contributed by atoms with Gasteiger partial charge in [0.15, 0.2) is 9.84 Å². The Balaban J connectivity index is 4.23. The van der Waals surface area contributed by atoms with Crippen molar-refractivity contribution >= 4 is 21.7 Å². The molecular weight excluding hydrogens is 222 g/mol. The first-order valence-corrected chi connectivity index (χ1v) is 6.30. The highest BCUT2D eigenvalue weighted by atomic mass is 32.2. The summed E-state index contributed by atoms with van der Waals surface area (Å²) in [6.45, 7) is 3.58. The Morgan fingerprint density at radius 2 is 1.87 bits per heavy atom. The third-order valence-corrected chi connectivity index (χ3v) is 3.10. The number of hydrogen-bond acceptors (Lipinski definition) is 4. The van der Waals surface area contributed by atoms with E-state index < -0.39 is 33.2 Å². The lowest BCUT2D eigenvalue weighted by molar-refractivity contribution is -0.134. The molecule has 0 saturated carbocycles. The van der Waals surface area contributed by atoms with Gasteiger partial charge >= 0.3 is 5.97 Å². The lowest BCUT2D eigenvalue weighted by Gasteiger charge is -2.10. The van der Waals surface area contributed by atoms with E-state index in [-0.39, 0.29) is 6.04 Å². The number of aliphatic carboxylic acids is 1. The first-order chi connectivity index (χ1) is 6.76. The van der Waals surface area contributed by atoms with E-state index in [2.05, 4.69) is 5.32 Å². The Labute approximate surface area is 88.6 Å². The number of sulfone groups is 1. The number of carbonyl (C=O) groups excluding carboxylic acids is 1. The Morgan fingerprint density at radius 1 is 1.33 bits per heavy atom. The summed E-state index contributed by atoms with van der Waals surface area (Å²) in [4.78, 5) is 21.3. The topological polar surface area (TPSA) is 101 Å². The number of rotatable bonds is 6. The summed E-state index contributed by atoms with van der Waals surface area (Å²) in [5.41, 5.74) is 0. The second-order valence-electron chi connectivity index (χ2n) is 3.30. The van der Waals surface area contributed by atoms with Crippen LogP contribution in [0.1, 0.15) is 20.3 Å². The van der Waals surface area contributed by atoms with E-state index in [1.165, 1.54) is 0 Å². The smallest absolute Gasteiger partial charge is 0.318 e. The number of carboxylic acid groups (broad SMARTS) is 1. The van der Waals surface area contributed by atoms with Crippen molar-refractivity contribution in [1.29, 1.82) is 0 Å². The van der Waals surface area contributed by atoms with Crippen LogP contribution in [0.25, 0.3) is 0 Å². The van der Waals surface area contributed by atoms with Gasteiger partial charge in [0.05, 0.1) is 0 Å². The minimum atomic E-state index is -3.85. The number of carboxylic acids is 1. The second-order valence-corrected chi connectivity index (χ2v) is 5.37. The van der Waals surface area contributed by atoms with Crippen LogP contribution in [0.4, 0.5) is 0 Å². The zero-order valence-electron chi connectivity index (χ0n) is 8.69. The molecule has 0 aliphatic carbocycles. The minimum absolute atomic E-state index is 0.113. The number of amides is 1. The molecule has 0 aliphatic rings. The third-order valence-electron chi connectivity index (χ3n) is 1.71. The molecule has 1 unspecified atom stereocenters. The monoisotopic (exact) mass is 237 g/mol. The molecule has 7 heteroatoms. The van der Waals surface area contributed by atoms with E-state index >= 15 is 0 Å². The first kappa shape index (κ1) is 13.9. The van der Waals surface area contributed by atoms with Gasteiger partial charge in [-0.3, -0.25) is 9.59 Å². The molecule has 0 rings (SSSR count). The molecule has 6 nitrogen and oxygen atoms in total. The van der Waals surface area contributed by atoms with Crippen molar-refractivity contribution in [3.63, 3.8) is 0 Å². The molecule has 15 heavy (non-hydrogen) atoms. The van der Waals surface area contributed by atoms with E-state index in [1.807, 2.05) is 6.92 Å². The molecular formula is C8H15NO5S. The van der Waals surface area contributed by atoms with Gasteiger partial charge < -0.3 is 10.4 Å². The molecule has 1 amide bonds. The second kappa shape index (κ2) is 5.69. The molecule has 0 aromatic heterocycles. The van der Waals surface area contributed by atoms with Gasteiger partial charge in [-0.25, -0.2) is 8.42 Å². The van der Waals surface area contributed by atoms with Crippen LogP contribution in [-0.4, -0.2) is 42.9 Å². The Hall–Kier alpha value is -1.11. The number of carbonyl (C=O) groups is 2. The first-order valence-electron chi connectivity index (χ1n) is 4.48. The zero-order valence-corrected chi connectivity index (χ0v) is 9.50. The van der Waals surface area contributed by atoms with Gasteiger partial charge in [0.25, 0.3) is 0 Å². The predicted molar refractivity (Wildman–Crippen MR) is 54.2 cm³/mol. The summed E-state index contributed by atoms with van der Waals surface area (Å²) in [6, 6.07) is -0.113. The molecule has 0 fully saturated rings. The fraction of sp³-hybridized carbons (Fsp3) is 0.750. The minimum Gasteiger partial charge on any atom is -0.480 e. The molecule has 0 radical (unpaired) electrons. The van der Waals surface area contributed by atoms with Crippen LogP contribution in [0.3, 0.4) is 0 Å². The highest BCUT2D eigenvalue weighted by Gasteiger charge is 2.20. The van der Waals surface area contributed by atoms with Crippen molar-refractivity contribution in [2.75, 3.05) is 11.5 Å². The Bertz CT molecular complexity index is 335. The highest BCUT2D eigenvalue weighted by Crippen LogP contribution is 1.93. The molecule has 88 valence electrons. The lowest BCUT2D eigenvalue weighted by Crippen LogP contribution is -2.37. The summed E-state index contributed by atoms with van der Waals surface area (Å²) in [7, 11) is -3.85.